The topological polar surface area (TPSA) is 55.4 Å². The highest BCUT2D eigenvalue weighted by atomic mass is 35.5. The van der Waals surface area contributed by atoms with Crippen molar-refractivity contribution in [1.82, 2.24) is 0 Å². The van der Waals surface area contributed by atoms with Gasteiger partial charge in [-0.05, 0) is 25.1 Å². The standard InChI is InChI=1S/C14H12Cl2FNO3S/c1-8-11(17)4-3-5-12(8)18-22(19,20)14-7-9(15)13(21-2)6-10(14)16/h3-7,18H,1-2H3. The minimum atomic E-state index is -4.02. The van der Waals surface area contributed by atoms with Gasteiger partial charge < -0.3 is 4.74 Å². The van der Waals surface area contributed by atoms with E-state index < -0.39 is 15.8 Å². The average Bonchev–Trinajstić information content (AvgIpc) is 2.45. The summed E-state index contributed by atoms with van der Waals surface area (Å²) >= 11 is 11.9. The van der Waals surface area contributed by atoms with Crippen molar-refractivity contribution in [3.8, 4) is 5.75 Å². The zero-order chi connectivity index (χ0) is 16.5. The summed E-state index contributed by atoms with van der Waals surface area (Å²) in [5, 5.41) is 0.0473. The van der Waals surface area contributed by atoms with Crippen LogP contribution in [0.3, 0.4) is 0 Å². The van der Waals surface area contributed by atoms with E-state index in [4.69, 9.17) is 27.9 Å². The molecule has 0 aliphatic rings. The Labute approximate surface area is 137 Å². The van der Waals surface area contributed by atoms with E-state index in [0.29, 0.717) is 0 Å². The van der Waals surface area contributed by atoms with Gasteiger partial charge in [0, 0.05) is 11.6 Å². The molecule has 118 valence electrons. The van der Waals surface area contributed by atoms with Gasteiger partial charge >= 0.3 is 0 Å². The summed E-state index contributed by atoms with van der Waals surface area (Å²) in [5.74, 6) is -0.258. The van der Waals surface area contributed by atoms with Crippen molar-refractivity contribution in [2.75, 3.05) is 11.8 Å². The lowest BCUT2D eigenvalue weighted by atomic mass is 10.2. The van der Waals surface area contributed by atoms with Crippen molar-refractivity contribution >= 4 is 38.9 Å². The van der Waals surface area contributed by atoms with Crippen LogP contribution in [0, 0.1) is 12.7 Å². The predicted octanol–water partition coefficient (Wildman–Crippen LogP) is 4.25. The maximum Gasteiger partial charge on any atom is 0.263 e. The van der Waals surface area contributed by atoms with Crippen molar-refractivity contribution in [2.24, 2.45) is 0 Å². The Balaban J connectivity index is 2.47. The summed E-state index contributed by atoms with van der Waals surface area (Å²) in [4.78, 5) is -0.219. The van der Waals surface area contributed by atoms with Crippen LogP contribution in [-0.2, 0) is 10.0 Å². The van der Waals surface area contributed by atoms with E-state index in [1.54, 1.807) is 0 Å². The molecule has 22 heavy (non-hydrogen) atoms. The lowest BCUT2D eigenvalue weighted by molar-refractivity contribution is 0.414. The molecule has 0 bridgehead atoms. The Morgan fingerprint density at radius 2 is 1.86 bits per heavy atom. The SMILES string of the molecule is COc1cc(Cl)c(S(=O)(=O)Nc2cccc(F)c2C)cc1Cl. The zero-order valence-electron chi connectivity index (χ0n) is 11.7. The molecule has 2 aromatic carbocycles. The zero-order valence-corrected chi connectivity index (χ0v) is 14.0. The lowest BCUT2D eigenvalue weighted by Crippen LogP contribution is -2.14. The second kappa shape index (κ2) is 6.32. The van der Waals surface area contributed by atoms with Crippen LogP contribution in [0.4, 0.5) is 10.1 Å². The molecule has 1 N–H and O–H groups in total. The number of hydrogen-bond acceptors (Lipinski definition) is 3. The quantitative estimate of drug-likeness (QED) is 0.883. The largest absolute Gasteiger partial charge is 0.495 e. The molecule has 0 atom stereocenters. The molecule has 0 amide bonds. The summed E-state index contributed by atoms with van der Waals surface area (Å²) < 4.78 is 45.6. The highest BCUT2D eigenvalue weighted by Gasteiger charge is 2.21. The van der Waals surface area contributed by atoms with Crippen LogP contribution in [0.1, 0.15) is 5.56 Å². The molecule has 0 aliphatic carbocycles. The Bertz CT molecular complexity index is 825. The third kappa shape index (κ3) is 3.29. The number of benzene rings is 2. The van der Waals surface area contributed by atoms with Gasteiger partial charge in [0.25, 0.3) is 10.0 Å². The maximum atomic E-state index is 13.5. The van der Waals surface area contributed by atoms with Gasteiger partial charge in [0.2, 0.25) is 0 Å². The molecule has 2 rings (SSSR count). The highest BCUT2D eigenvalue weighted by molar-refractivity contribution is 7.92. The van der Waals surface area contributed by atoms with Crippen molar-refractivity contribution < 1.29 is 17.5 Å². The first-order valence-corrected chi connectivity index (χ1v) is 8.31. The number of rotatable bonds is 4. The summed E-state index contributed by atoms with van der Waals surface area (Å²) in [6, 6.07) is 6.58. The molecule has 0 aromatic heterocycles. The predicted molar refractivity (Wildman–Crippen MR) is 85.0 cm³/mol. The molecule has 0 fully saturated rings. The van der Waals surface area contributed by atoms with Gasteiger partial charge in [0.1, 0.15) is 16.5 Å². The highest BCUT2D eigenvalue weighted by Crippen LogP contribution is 2.34. The molecule has 0 radical (unpaired) electrons. The summed E-state index contributed by atoms with van der Waals surface area (Å²) in [5.41, 5.74) is 0.310. The fourth-order valence-corrected chi connectivity index (χ4v) is 3.76. The van der Waals surface area contributed by atoms with Crippen molar-refractivity contribution in [2.45, 2.75) is 11.8 Å². The van der Waals surface area contributed by atoms with Gasteiger partial charge in [0.15, 0.2) is 0 Å². The van der Waals surface area contributed by atoms with Crippen molar-refractivity contribution in [3.63, 3.8) is 0 Å². The molecule has 0 unspecified atom stereocenters. The third-order valence-electron chi connectivity index (χ3n) is 3.01. The van der Waals surface area contributed by atoms with Gasteiger partial charge in [0.05, 0.1) is 22.8 Å². The minimum Gasteiger partial charge on any atom is -0.495 e. The van der Waals surface area contributed by atoms with Crippen LogP contribution < -0.4 is 9.46 Å². The molecule has 2 aromatic rings. The van der Waals surface area contributed by atoms with Crippen molar-refractivity contribution in [3.05, 3.63) is 51.8 Å². The van der Waals surface area contributed by atoms with Gasteiger partial charge in [-0.15, -0.1) is 0 Å². The molecule has 0 spiro atoms. The number of ether oxygens (including phenoxy) is 1. The fourth-order valence-electron chi connectivity index (χ4n) is 1.79. The summed E-state index contributed by atoms with van der Waals surface area (Å²) in [7, 11) is -2.63. The molecule has 0 saturated carbocycles. The first kappa shape index (κ1) is 16.9. The van der Waals surface area contributed by atoms with E-state index in [1.807, 2.05) is 0 Å². The van der Waals surface area contributed by atoms with Gasteiger partial charge in [-0.3, -0.25) is 4.72 Å². The average molecular weight is 364 g/mol. The lowest BCUT2D eigenvalue weighted by Gasteiger charge is -2.13. The van der Waals surface area contributed by atoms with E-state index in [-0.39, 0.29) is 31.9 Å². The van der Waals surface area contributed by atoms with Crippen LogP contribution in [0.2, 0.25) is 10.0 Å². The van der Waals surface area contributed by atoms with Gasteiger partial charge in [-0.25, -0.2) is 12.8 Å². The second-order valence-electron chi connectivity index (χ2n) is 4.44. The monoisotopic (exact) mass is 363 g/mol. The summed E-state index contributed by atoms with van der Waals surface area (Å²) in [6.45, 7) is 1.47. The Morgan fingerprint density at radius 1 is 1.18 bits per heavy atom. The third-order valence-corrected chi connectivity index (χ3v) is 5.13. The second-order valence-corrected chi connectivity index (χ2v) is 6.90. The first-order valence-electron chi connectivity index (χ1n) is 6.07. The van der Waals surface area contributed by atoms with Gasteiger partial charge in [-0.1, -0.05) is 29.3 Å². The van der Waals surface area contributed by atoms with E-state index in [1.165, 1.54) is 44.4 Å². The van der Waals surface area contributed by atoms with Crippen LogP contribution in [0.5, 0.6) is 5.75 Å². The van der Waals surface area contributed by atoms with E-state index in [9.17, 15) is 12.8 Å². The van der Waals surface area contributed by atoms with Crippen LogP contribution in [0.25, 0.3) is 0 Å². The van der Waals surface area contributed by atoms with Crippen LogP contribution >= 0.6 is 23.2 Å². The fraction of sp³-hybridized carbons (Fsp3) is 0.143. The Kier molecular flexibility index (Phi) is 4.84. The molecule has 8 heteroatoms. The number of sulfonamides is 1. The van der Waals surface area contributed by atoms with Gasteiger partial charge in [-0.2, -0.15) is 0 Å². The smallest absolute Gasteiger partial charge is 0.263 e. The van der Waals surface area contributed by atoms with Crippen LogP contribution in [0.15, 0.2) is 35.2 Å². The molecule has 4 nitrogen and oxygen atoms in total. The molecular weight excluding hydrogens is 352 g/mol. The number of hydrogen-bond donors (Lipinski definition) is 1. The first-order chi connectivity index (χ1) is 10.3. The summed E-state index contributed by atoms with van der Waals surface area (Å²) in [6.07, 6.45) is 0. The number of anilines is 1. The van der Waals surface area contributed by atoms with Crippen LogP contribution in [-0.4, -0.2) is 15.5 Å². The number of nitrogens with one attached hydrogen (secondary N) is 1. The Hall–Kier alpha value is -1.50. The van der Waals surface area contributed by atoms with E-state index in [0.717, 1.165) is 0 Å². The van der Waals surface area contributed by atoms with E-state index >= 15 is 0 Å². The molecule has 0 heterocycles. The molecule has 0 saturated heterocycles. The number of methoxy groups -OCH3 is 1. The Morgan fingerprint density at radius 3 is 2.50 bits per heavy atom. The van der Waals surface area contributed by atoms with Crippen molar-refractivity contribution in [1.29, 1.82) is 0 Å². The maximum absolute atomic E-state index is 13.5. The normalized spacial score (nSPS) is 11.3. The number of halogens is 3. The molecular formula is C14H12Cl2FNO3S. The molecule has 0 aliphatic heterocycles. The van der Waals surface area contributed by atoms with E-state index in [2.05, 4.69) is 4.72 Å². The minimum absolute atomic E-state index is 0.0530.